The molecule has 5 heterocycles. The third kappa shape index (κ3) is 3.45. The number of aryl methyl sites for hydroxylation is 2. The van der Waals surface area contributed by atoms with Crippen molar-refractivity contribution in [1.29, 1.82) is 0 Å². The molecule has 30 heavy (non-hydrogen) atoms. The average Bonchev–Trinajstić information content (AvgIpc) is 3.36. The van der Waals surface area contributed by atoms with Crippen LogP contribution in [0.5, 0.6) is 0 Å². The number of rotatable bonds is 4. The van der Waals surface area contributed by atoms with Crippen LogP contribution in [0.3, 0.4) is 0 Å². The molecule has 1 fully saturated rings. The maximum Gasteiger partial charge on any atom is 0.225 e. The summed E-state index contributed by atoms with van der Waals surface area (Å²) in [4.78, 5) is 24.6. The van der Waals surface area contributed by atoms with Crippen LogP contribution in [0.1, 0.15) is 12.8 Å². The molecule has 0 aromatic carbocycles. The second-order valence-corrected chi connectivity index (χ2v) is 7.88. The van der Waals surface area contributed by atoms with Crippen LogP contribution in [0.2, 0.25) is 5.28 Å². The molecule has 0 aliphatic carbocycles. The van der Waals surface area contributed by atoms with Crippen molar-refractivity contribution in [3.8, 4) is 11.4 Å². The van der Waals surface area contributed by atoms with Gasteiger partial charge in [-0.1, -0.05) is 0 Å². The van der Waals surface area contributed by atoms with Gasteiger partial charge in [0.15, 0.2) is 5.82 Å². The first-order valence-corrected chi connectivity index (χ1v) is 10.3. The molecule has 0 atom stereocenters. The van der Waals surface area contributed by atoms with Crippen LogP contribution in [0.15, 0.2) is 37.1 Å². The summed E-state index contributed by atoms with van der Waals surface area (Å²) < 4.78 is 3.99. The predicted molar refractivity (Wildman–Crippen MR) is 117 cm³/mol. The first-order valence-electron chi connectivity index (χ1n) is 9.88. The highest BCUT2D eigenvalue weighted by molar-refractivity contribution is 6.28. The van der Waals surface area contributed by atoms with E-state index in [1.807, 2.05) is 43.2 Å². The molecule has 1 aliphatic rings. The predicted octanol–water partition coefficient (Wildman–Crippen LogP) is 2.89. The minimum absolute atomic E-state index is 0.213. The Balaban J connectivity index is 1.40. The molecule has 4 aromatic rings. The lowest BCUT2D eigenvalue weighted by molar-refractivity contribution is 0.515. The maximum atomic E-state index is 6.19. The number of halogens is 1. The third-order valence-electron chi connectivity index (χ3n) is 5.51. The molecule has 5 rings (SSSR count). The van der Waals surface area contributed by atoms with Crippen LogP contribution in [0.25, 0.3) is 22.4 Å². The smallest absolute Gasteiger partial charge is 0.225 e. The van der Waals surface area contributed by atoms with Gasteiger partial charge in [-0.25, -0.2) is 19.9 Å². The molecule has 10 heteroatoms. The van der Waals surface area contributed by atoms with Crippen molar-refractivity contribution in [2.45, 2.75) is 18.9 Å². The van der Waals surface area contributed by atoms with E-state index in [1.165, 1.54) is 0 Å². The zero-order valence-electron chi connectivity index (χ0n) is 16.8. The molecule has 9 nitrogen and oxygen atoms in total. The van der Waals surface area contributed by atoms with Crippen LogP contribution in [-0.2, 0) is 14.1 Å². The van der Waals surface area contributed by atoms with Gasteiger partial charge in [0.2, 0.25) is 11.2 Å². The summed E-state index contributed by atoms with van der Waals surface area (Å²) in [5.74, 6) is 1.68. The summed E-state index contributed by atoms with van der Waals surface area (Å²) in [6.07, 6.45) is 9.30. The van der Waals surface area contributed by atoms with Crippen LogP contribution in [0, 0.1) is 0 Å². The number of imidazole rings is 2. The number of nitrogens with zero attached hydrogens (tertiary/aromatic N) is 8. The number of hydrogen-bond acceptors (Lipinski definition) is 7. The summed E-state index contributed by atoms with van der Waals surface area (Å²) in [7, 11) is 3.97. The standard InChI is InChI=1S/C20H22ClN9/c1-28-10-7-23-20(28)30-8-5-13(6-9-30)24-18-17-15(26-19(21)27-18)4-3-14(25-17)16-11-22-12-29(16)2/h3-4,7,10-13H,5-6,8-9H2,1-2H3,(H,24,26,27). The number of fused-ring (bicyclic) bond motifs is 1. The van der Waals surface area contributed by atoms with Gasteiger partial charge in [-0.05, 0) is 36.6 Å². The number of anilines is 2. The lowest BCUT2D eigenvalue weighted by atomic mass is 10.1. The van der Waals surface area contributed by atoms with E-state index in [1.54, 1.807) is 12.5 Å². The van der Waals surface area contributed by atoms with Gasteiger partial charge in [0, 0.05) is 45.6 Å². The monoisotopic (exact) mass is 423 g/mol. The molecule has 154 valence electrons. The van der Waals surface area contributed by atoms with Gasteiger partial charge in [-0.15, -0.1) is 0 Å². The van der Waals surface area contributed by atoms with Gasteiger partial charge in [0.25, 0.3) is 0 Å². The Labute approximate surface area is 178 Å². The lowest BCUT2D eigenvalue weighted by Gasteiger charge is -2.33. The van der Waals surface area contributed by atoms with Crippen molar-refractivity contribution in [3.05, 3.63) is 42.3 Å². The number of pyridine rings is 1. The van der Waals surface area contributed by atoms with E-state index in [4.69, 9.17) is 16.6 Å². The highest BCUT2D eigenvalue weighted by Crippen LogP contribution is 2.27. The lowest BCUT2D eigenvalue weighted by Crippen LogP contribution is -2.40. The molecule has 0 bridgehead atoms. The van der Waals surface area contributed by atoms with E-state index in [-0.39, 0.29) is 11.3 Å². The second kappa shape index (κ2) is 7.56. The third-order valence-corrected chi connectivity index (χ3v) is 5.68. The summed E-state index contributed by atoms with van der Waals surface area (Å²) in [6.45, 7) is 1.85. The molecule has 1 N–H and O–H groups in total. The fraction of sp³-hybridized carbons (Fsp3) is 0.350. The molecule has 0 amide bonds. The number of piperidine rings is 1. The highest BCUT2D eigenvalue weighted by Gasteiger charge is 2.23. The van der Waals surface area contributed by atoms with Crippen LogP contribution in [-0.4, -0.2) is 53.2 Å². The van der Waals surface area contributed by atoms with Gasteiger partial charge >= 0.3 is 0 Å². The fourth-order valence-electron chi connectivity index (χ4n) is 3.91. The minimum atomic E-state index is 0.213. The molecule has 0 spiro atoms. The van der Waals surface area contributed by atoms with Crippen molar-refractivity contribution in [2.24, 2.45) is 14.1 Å². The Morgan fingerprint density at radius 1 is 1.07 bits per heavy atom. The number of hydrogen-bond donors (Lipinski definition) is 1. The molecule has 4 aromatic heterocycles. The maximum absolute atomic E-state index is 6.19. The van der Waals surface area contributed by atoms with Gasteiger partial charge in [-0.2, -0.15) is 4.98 Å². The van der Waals surface area contributed by atoms with Crippen LogP contribution >= 0.6 is 11.6 Å². The van der Waals surface area contributed by atoms with Gasteiger partial charge in [-0.3, -0.25) is 0 Å². The Kier molecular flexibility index (Phi) is 4.74. The summed E-state index contributed by atoms with van der Waals surface area (Å²) in [5, 5.41) is 3.77. The Morgan fingerprint density at radius 3 is 2.60 bits per heavy atom. The SMILES string of the molecule is Cn1cncc1-c1ccc2nc(Cl)nc(NC3CCN(c4nccn4C)CC3)c2n1. The van der Waals surface area contributed by atoms with Crippen LogP contribution in [0.4, 0.5) is 11.8 Å². The Morgan fingerprint density at radius 2 is 1.90 bits per heavy atom. The first kappa shape index (κ1) is 18.8. The van der Waals surface area contributed by atoms with E-state index in [0.29, 0.717) is 16.9 Å². The van der Waals surface area contributed by atoms with E-state index in [0.717, 1.165) is 43.3 Å². The highest BCUT2D eigenvalue weighted by atomic mass is 35.5. The first-order chi connectivity index (χ1) is 14.6. The van der Waals surface area contributed by atoms with Gasteiger partial charge in [0.05, 0.1) is 29.4 Å². The molecule has 1 aliphatic heterocycles. The van der Waals surface area contributed by atoms with E-state index in [2.05, 4.69) is 34.7 Å². The van der Waals surface area contributed by atoms with Crippen molar-refractivity contribution in [3.63, 3.8) is 0 Å². The number of aromatic nitrogens is 7. The zero-order chi connectivity index (χ0) is 20.7. The van der Waals surface area contributed by atoms with E-state index < -0.39 is 0 Å². The van der Waals surface area contributed by atoms with E-state index in [9.17, 15) is 0 Å². The fourth-order valence-corrected chi connectivity index (χ4v) is 4.09. The second-order valence-electron chi connectivity index (χ2n) is 7.54. The summed E-state index contributed by atoms with van der Waals surface area (Å²) in [5.41, 5.74) is 3.18. The Hall–Kier alpha value is -3.20. The number of nitrogens with one attached hydrogen (secondary N) is 1. The minimum Gasteiger partial charge on any atom is -0.365 e. The quantitative estimate of drug-likeness (QED) is 0.505. The Bertz CT molecular complexity index is 1190. The van der Waals surface area contributed by atoms with E-state index >= 15 is 0 Å². The molecule has 0 saturated carbocycles. The topological polar surface area (TPSA) is 89.6 Å². The van der Waals surface area contributed by atoms with Crippen molar-refractivity contribution < 1.29 is 0 Å². The van der Waals surface area contributed by atoms with Crippen molar-refractivity contribution >= 4 is 34.4 Å². The molecular formula is C20H22ClN9. The molecule has 1 saturated heterocycles. The average molecular weight is 424 g/mol. The van der Waals surface area contributed by atoms with Crippen molar-refractivity contribution in [1.82, 2.24) is 34.1 Å². The van der Waals surface area contributed by atoms with Crippen molar-refractivity contribution in [2.75, 3.05) is 23.3 Å². The van der Waals surface area contributed by atoms with Crippen LogP contribution < -0.4 is 10.2 Å². The largest absolute Gasteiger partial charge is 0.365 e. The molecule has 0 unspecified atom stereocenters. The van der Waals surface area contributed by atoms with Gasteiger partial charge in [0.1, 0.15) is 5.52 Å². The normalized spacial score (nSPS) is 15.1. The summed E-state index contributed by atoms with van der Waals surface area (Å²) >= 11 is 6.19. The summed E-state index contributed by atoms with van der Waals surface area (Å²) in [6, 6.07) is 4.13. The molecular weight excluding hydrogens is 402 g/mol. The molecule has 0 radical (unpaired) electrons. The van der Waals surface area contributed by atoms with Gasteiger partial charge < -0.3 is 19.4 Å². The zero-order valence-corrected chi connectivity index (χ0v) is 17.6.